The van der Waals surface area contributed by atoms with Crippen molar-refractivity contribution in [2.45, 2.75) is 19.3 Å². The molecule has 0 atom stereocenters. The number of aromatic nitrogens is 1. The van der Waals surface area contributed by atoms with Gasteiger partial charge >= 0.3 is 0 Å². The molecular formula is C19H23N3OS. The number of rotatable bonds is 2. The molecule has 126 valence electrons. The van der Waals surface area contributed by atoms with Gasteiger partial charge in [-0.2, -0.15) is 0 Å². The molecular weight excluding hydrogens is 318 g/mol. The number of benzene rings is 1. The summed E-state index contributed by atoms with van der Waals surface area (Å²) in [5.74, 6) is 3.69. The highest BCUT2D eigenvalue weighted by molar-refractivity contribution is 7.99. The van der Waals surface area contributed by atoms with Crippen LogP contribution in [0.4, 0.5) is 5.82 Å². The lowest BCUT2D eigenvalue weighted by atomic mass is 9.95. The van der Waals surface area contributed by atoms with Gasteiger partial charge in [-0.15, -0.1) is 11.8 Å². The van der Waals surface area contributed by atoms with Gasteiger partial charge in [-0.1, -0.05) is 24.3 Å². The van der Waals surface area contributed by atoms with Gasteiger partial charge in [-0.3, -0.25) is 4.79 Å². The second-order valence-corrected chi connectivity index (χ2v) is 7.68. The number of fused-ring (bicyclic) bond motifs is 1. The zero-order valence-electron chi connectivity index (χ0n) is 13.9. The molecule has 2 aliphatic rings. The van der Waals surface area contributed by atoms with Crippen molar-refractivity contribution in [3.63, 3.8) is 0 Å². The lowest BCUT2D eigenvalue weighted by molar-refractivity contribution is -0.135. The molecule has 2 fully saturated rings. The molecule has 0 bridgehead atoms. The Morgan fingerprint density at radius 2 is 1.96 bits per heavy atom. The summed E-state index contributed by atoms with van der Waals surface area (Å²) in [6.07, 6.45) is 4.89. The minimum Gasteiger partial charge on any atom is -0.356 e. The molecule has 0 unspecified atom stereocenters. The van der Waals surface area contributed by atoms with E-state index in [1.807, 2.05) is 18.0 Å². The summed E-state index contributed by atoms with van der Waals surface area (Å²) < 4.78 is 0. The van der Waals surface area contributed by atoms with Gasteiger partial charge in [0.15, 0.2) is 0 Å². The Morgan fingerprint density at radius 1 is 1.12 bits per heavy atom. The van der Waals surface area contributed by atoms with Crippen LogP contribution in [-0.4, -0.2) is 47.1 Å². The van der Waals surface area contributed by atoms with Crippen molar-refractivity contribution < 1.29 is 4.79 Å². The van der Waals surface area contributed by atoms with Gasteiger partial charge in [-0.25, -0.2) is 4.98 Å². The number of thioether (sulfide) groups is 1. The quantitative estimate of drug-likeness (QED) is 0.839. The smallest absolute Gasteiger partial charge is 0.226 e. The fourth-order valence-corrected chi connectivity index (χ4v) is 4.66. The van der Waals surface area contributed by atoms with Crippen LogP contribution in [0.2, 0.25) is 0 Å². The third-order valence-electron chi connectivity index (χ3n) is 5.07. The molecule has 0 spiro atoms. The summed E-state index contributed by atoms with van der Waals surface area (Å²) >= 11 is 1.88. The average molecular weight is 341 g/mol. The van der Waals surface area contributed by atoms with Crippen LogP contribution in [0.3, 0.4) is 0 Å². The summed E-state index contributed by atoms with van der Waals surface area (Å²) in [6.45, 7) is 2.77. The van der Waals surface area contributed by atoms with Crippen LogP contribution in [0.15, 0.2) is 36.5 Å². The van der Waals surface area contributed by atoms with E-state index in [0.717, 1.165) is 50.6 Å². The van der Waals surface area contributed by atoms with Crippen molar-refractivity contribution in [1.82, 2.24) is 9.88 Å². The van der Waals surface area contributed by atoms with Gasteiger partial charge in [0, 0.05) is 37.1 Å². The molecule has 2 saturated heterocycles. The lowest BCUT2D eigenvalue weighted by Gasteiger charge is -2.36. The van der Waals surface area contributed by atoms with Crippen LogP contribution in [-0.2, 0) is 4.79 Å². The molecule has 1 aromatic heterocycles. The van der Waals surface area contributed by atoms with Crippen molar-refractivity contribution in [1.29, 1.82) is 0 Å². The van der Waals surface area contributed by atoms with E-state index < -0.39 is 0 Å². The molecule has 0 radical (unpaired) electrons. The number of pyridine rings is 1. The zero-order chi connectivity index (χ0) is 16.4. The van der Waals surface area contributed by atoms with E-state index >= 15 is 0 Å². The van der Waals surface area contributed by atoms with E-state index in [-0.39, 0.29) is 5.92 Å². The number of hydrogen-bond donors (Lipinski definition) is 0. The minimum atomic E-state index is 0.190. The van der Waals surface area contributed by atoms with Crippen LogP contribution >= 0.6 is 11.8 Å². The maximum Gasteiger partial charge on any atom is 0.226 e. The van der Waals surface area contributed by atoms with Gasteiger partial charge < -0.3 is 9.80 Å². The van der Waals surface area contributed by atoms with Crippen LogP contribution in [0, 0.1) is 5.92 Å². The third kappa shape index (κ3) is 3.09. The first-order chi connectivity index (χ1) is 11.8. The van der Waals surface area contributed by atoms with Gasteiger partial charge in [0.05, 0.1) is 5.88 Å². The summed E-state index contributed by atoms with van der Waals surface area (Å²) in [5, 5.41) is 2.43. The first-order valence-electron chi connectivity index (χ1n) is 8.78. The van der Waals surface area contributed by atoms with Crippen molar-refractivity contribution in [2.24, 2.45) is 5.92 Å². The third-order valence-corrected chi connectivity index (χ3v) is 6.14. The SMILES string of the molecule is O=C(C1CCN(c2nccc3ccccc23)CC1)N1CCCSC1. The fraction of sp³-hybridized carbons (Fsp3) is 0.474. The molecule has 2 aliphatic heterocycles. The molecule has 2 aromatic rings. The van der Waals surface area contributed by atoms with Gasteiger partial charge in [-0.05, 0) is 36.5 Å². The molecule has 0 saturated carbocycles. The largest absolute Gasteiger partial charge is 0.356 e. The van der Waals surface area contributed by atoms with E-state index in [4.69, 9.17) is 0 Å². The standard InChI is InChI=1S/C19H23N3OS/c23-19(22-10-3-13-24-14-22)16-7-11-21(12-8-16)18-17-5-2-1-4-15(17)6-9-20-18/h1-2,4-6,9,16H,3,7-8,10-14H2. The number of nitrogens with zero attached hydrogens (tertiary/aromatic N) is 3. The van der Waals surface area contributed by atoms with Crippen LogP contribution in [0.1, 0.15) is 19.3 Å². The number of carbonyl (C=O) groups is 1. The lowest BCUT2D eigenvalue weighted by Crippen LogP contribution is -2.44. The summed E-state index contributed by atoms with van der Waals surface area (Å²) in [4.78, 5) is 21.7. The van der Waals surface area contributed by atoms with E-state index in [9.17, 15) is 4.79 Å². The average Bonchev–Trinajstić information content (AvgIpc) is 2.68. The summed E-state index contributed by atoms with van der Waals surface area (Å²) in [5.41, 5.74) is 0. The Balaban J connectivity index is 1.45. The second kappa shape index (κ2) is 7.01. The van der Waals surface area contributed by atoms with Gasteiger partial charge in [0.1, 0.15) is 5.82 Å². The molecule has 24 heavy (non-hydrogen) atoms. The predicted octanol–water partition coefficient (Wildman–Crippen LogP) is 3.37. The van der Waals surface area contributed by atoms with Gasteiger partial charge in [0.25, 0.3) is 0 Å². The topological polar surface area (TPSA) is 36.4 Å². The number of carbonyl (C=O) groups excluding carboxylic acids is 1. The van der Waals surface area contributed by atoms with Gasteiger partial charge in [0.2, 0.25) is 5.91 Å². The molecule has 0 N–H and O–H groups in total. The molecule has 4 nitrogen and oxygen atoms in total. The van der Waals surface area contributed by atoms with E-state index in [2.05, 4.69) is 45.1 Å². The van der Waals surface area contributed by atoms with E-state index in [0.29, 0.717) is 5.91 Å². The van der Waals surface area contributed by atoms with Crippen LogP contribution in [0.25, 0.3) is 10.8 Å². The molecule has 5 heteroatoms. The Morgan fingerprint density at radius 3 is 2.75 bits per heavy atom. The minimum absolute atomic E-state index is 0.190. The van der Waals surface area contributed by atoms with Crippen molar-refractivity contribution in [2.75, 3.05) is 36.2 Å². The molecule has 0 aliphatic carbocycles. The maximum atomic E-state index is 12.7. The normalized spacial score (nSPS) is 19.7. The number of hydrogen-bond acceptors (Lipinski definition) is 4. The molecule has 3 heterocycles. The number of amides is 1. The zero-order valence-corrected chi connectivity index (χ0v) is 14.7. The Bertz CT molecular complexity index is 716. The monoisotopic (exact) mass is 341 g/mol. The molecule has 4 rings (SSSR count). The second-order valence-electron chi connectivity index (χ2n) is 6.61. The van der Waals surface area contributed by atoms with Crippen LogP contribution in [0.5, 0.6) is 0 Å². The summed E-state index contributed by atoms with van der Waals surface area (Å²) in [7, 11) is 0. The maximum absolute atomic E-state index is 12.7. The Hall–Kier alpha value is -1.75. The van der Waals surface area contributed by atoms with Crippen molar-refractivity contribution in [3.05, 3.63) is 36.5 Å². The van der Waals surface area contributed by atoms with E-state index in [1.54, 1.807) is 0 Å². The predicted molar refractivity (Wildman–Crippen MR) is 100 cm³/mol. The highest BCUT2D eigenvalue weighted by atomic mass is 32.2. The number of anilines is 1. The Labute approximate surface area is 147 Å². The van der Waals surface area contributed by atoms with E-state index in [1.165, 1.54) is 16.5 Å². The van der Waals surface area contributed by atoms with Crippen LogP contribution < -0.4 is 4.90 Å². The highest BCUT2D eigenvalue weighted by Gasteiger charge is 2.30. The molecule has 1 amide bonds. The summed E-state index contributed by atoms with van der Waals surface area (Å²) in [6, 6.07) is 10.5. The molecule has 1 aromatic carbocycles. The first-order valence-corrected chi connectivity index (χ1v) is 9.93. The number of piperidine rings is 1. The fourth-order valence-electron chi connectivity index (χ4n) is 3.72. The van der Waals surface area contributed by atoms with Crippen molar-refractivity contribution >= 4 is 34.3 Å². The highest BCUT2D eigenvalue weighted by Crippen LogP contribution is 2.29. The Kier molecular flexibility index (Phi) is 4.60. The van der Waals surface area contributed by atoms with Crippen molar-refractivity contribution in [3.8, 4) is 0 Å². The first kappa shape index (κ1) is 15.8.